The van der Waals surface area contributed by atoms with Gasteiger partial charge >= 0.3 is 25.7 Å². The number of carbonyl (C=O) groups excluding carboxylic acids is 3. The third-order valence-electron chi connectivity index (χ3n) is 18.3. The molecular formula is C71H129O24P. The van der Waals surface area contributed by atoms with Gasteiger partial charge in [0.1, 0.15) is 98.7 Å². The molecule has 1 aliphatic carbocycles. The van der Waals surface area contributed by atoms with Crippen molar-refractivity contribution in [2.24, 2.45) is 0 Å². The Morgan fingerprint density at radius 2 is 0.802 bits per heavy atom. The number of hydrogen-bond donors (Lipinski definition) is 11. The van der Waals surface area contributed by atoms with Crippen LogP contribution in [-0.4, -0.2) is 204 Å². The first-order valence-corrected chi connectivity index (χ1v) is 38.7. The van der Waals surface area contributed by atoms with Crippen LogP contribution in [-0.2, 0) is 61.2 Å². The van der Waals surface area contributed by atoms with Gasteiger partial charge in [-0.3, -0.25) is 18.6 Å². The molecule has 25 heteroatoms. The highest BCUT2D eigenvalue weighted by Gasteiger charge is 2.58. The molecule has 96 heavy (non-hydrogen) atoms. The van der Waals surface area contributed by atoms with E-state index in [2.05, 4.69) is 20.8 Å². The van der Waals surface area contributed by atoms with Crippen LogP contribution in [0, 0.1) is 0 Å². The molecule has 562 valence electrons. The van der Waals surface area contributed by atoms with Gasteiger partial charge in [-0.15, -0.1) is 0 Å². The molecular weight excluding hydrogens is 1270 g/mol. The third-order valence-corrected chi connectivity index (χ3v) is 19.3. The van der Waals surface area contributed by atoms with Crippen molar-refractivity contribution in [1.82, 2.24) is 0 Å². The second-order valence-electron chi connectivity index (χ2n) is 26.7. The largest absolute Gasteiger partial charge is 0.472 e. The lowest BCUT2D eigenvalue weighted by molar-refractivity contribution is -0.360. The molecule has 1 saturated carbocycles. The summed E-state index contributed by atoms with van der Waals surface area (Å²) in [7, 11) is -5.70. The van der Waals surface area contributed by atoms with Crippen LogP contribution in [0.4, 0.5) is 0 Å². The Hall–Kier alpha value is -2.56. The maximum atomic E-state index is 14.3. The average molecular weight is 1400 g/mol. The van der Waals surface area contributed by atoms with Gasteiger partial charge in [-0.05, 0) is 25.7 Å². The molecule has 24 nitrogen and oxygen atoms in total. The van der Waals surface area contributed by atoms with Gasteiger partial charge in [0.2, 0.25) is 0 Å². The highest BCUT2D eigenvalue weighted by Crippen LogP contribution is 2.49. The second-order valence-corrected chi connectivity index (χ2v) is 28.1. The molecule has 0 spiro atoms. The molecule has 2 saturated heterocycles. The van der Waals surface area contributed by atoms with Crippen molar-refractivity contribution in [1.29, 1.82) is 0 Å². The fraction of sp³-hybridized carbons (Fsp3) is 0.901. The molecule has 0 radical (unpaired) electrons. The summed E-state index contributed by atoms with van der Waals surface area (Å²) in [5.41, 5.74) is 0. The van der Waals surface area contributed by atoms with Gasteiger partial charge < -0.3 is 89.1 Å². The maximum absolute atomic E-state index is 14.3. The molecule has 0 aromatic heterocycles. The summed E-state index contributed by atoms with van der Waals surface area (Å²) in [4.78, 5) is 50.8. The van der Waals surface area contributed by atoms with E-state index in [1.54, 1.807) is 6.08 Å². The molecule has 3 rings (SSSR count). The number of carbonyl (C=O) groups is 3. The van der Waals surface area contributed by atoms with Gasteiger partial charge in [-0.1, -0.05) is 257 Å². The third kappa shape index (κ3) is 36.4. The minimum absolute atomic E-state index is 0.0393. The fourth-order valence-corrected chi connectivity index (χ4v) is 13.2. The van der Waals surface area contributed by atoms with Crippen LogP contribution in [0.3, 0.4) is 0 Å². The van der Waals surface area contributed by atoms with Crippen LogP contribution in [0.2, 0.25) is 0 Å². The number of rotatable bonds is 57. The smallest absolute Gasteiger partial charge is 0.462 e. The number of aliphatic hydroxyl groups is 10. The Kier molecular flexibility index (Phi) is 48.7. The zero-order valence-electron chi connectivity index (χ0n) is 58.4. The summed E-state index contributed by atoms with van der Waals surface area (Å²) < 4.78 is 64.7. The highest BCUT2D eigenvalue weighted by molar-refractivity contribution is 7.47. The normalized spacial score (nSPS) is 28.1. The first-order chi connectivity index (χ1) is 46.3. The van der Waals surface area contributed by atoms with Crippen molar-refractivity contribution in [3.05, 3.63) is 24.3 Å². The van der Waals surface area contributed by atoms with E-state index in [9.17, 15) is 74.9 Å². The van der Waals surface area contributed by atoms with Crippen LogP contribution >= 0.6 is 7.82 Å². The van der Waals surface area contributed by atoms with E-state index in [0.717, 1.165) is 96.0 Å². The van der Waals surface area contributed by atoms with Gasteiger partial charge in [0.15, 0.2) is 18.7 Å². The van der Waals surface area contributed by atoms with E-state index >= 15 is 0 Å². The number of phosphoric acid groups is 1. The van der Waals surface area contributed by atoms with E-state index in [4.69, 9.17) is 42.2 Å². The Labute approximate surface area is 573 Å². The van der Waals surface area contributed by atoms with Crippen LogP contribution in [0.5, 0.6) is 0 Å². The molecule has 18 atom stereocenters. The van der Waals surface area contributed by atoms with Crippen molar-refractivity contribution >= 4 is 25.7 Å². The first kappa shape index (κ1) is 87.7. The highest BCUT2D eigenvalue weighted by atomic mass is 31.2. The van der Waals surface area contributed by atoms with E-state index in [0.29, 0.717) is 12.8 Å². The lowest BCUT2D eigenvalue weighted by Gasteiger charge is -2.49. The van der Waals surface area contributed by atoms with E-state index < -0.39 is 156 Å². The second kappa shape index (κ2) is 53.3. The number of phosphoric ester groups is 1. The van der Waals surface area contributed by atoms with Crippen LogP contribution in [0.25, 0.3) is 0 Å². The zero-order chi connectivity index (χ0) is 70.4. The Bertz CT molecular complexity index is 2090. The fourth-order valence-electron chi connectivity index (χ4n) is 12.3. The lowest BCUT2D eigenvalue weighted by atomic mass is 9.84. The number of aliphatic hydroxyl groups excluding tert-OH is 10. The summed E-state index contributed by atoms with van der Waals surface area (Å²) in [5.74, 6) is -2.22. The minimum atomic E-state index is -5.70. The quantitative estimate of drug-likeness (QED) is 0.00673. The monoisotopic (exact) mass is 1400 g/mol. The Balaban J connectivity index is 1.75. The van der Waals surface area contributed by atoms with Crippen molar-refractivity contribution < 1.29 is 117 Å². The van der Waals surface area contributed by atoms with Gasteiger partial charge in [-0.25, -0.2) is 9.36 Å². The molecule has 0 bridgehead atoms. The Morgan fingerprint density at radius 3 is 1.23 bits per heavy atom. The lowest BCUT2D eigenvalue weighted by Crippen LogP contribution is -2.69. The van der Waals surface area contributed by atoms with Crippen molar-refractivity contribution in [3.8, 4) is 0 Å². The molecule has 3 fully saturated rings. The van der Waals surface area contributed by atoms with Crippen LogP contribution in [0.1, 0.15) is 278 Å². The van der Waals surface area contributed by atoms with Gasteiger partial charge in [0.25, 0.3) is 0 Å². The zero-order valence-corrected chi connectivity index (χ0v) is 59.3. The average Bonchev–Trinajstić information content (AvgIpc) is 0.765. The number of allylic oxidation sites excluding steroid dienone is 3. The summed E-state index contributed by atoms with van der Waals surface area (Å²) in [6, 6.07) is 0. The topological polar surface area (TPSA) is 374 Å². The molecule has 18 unspecified atom stereocenters. The summed E-state index contributed by atoms with van der Waals surface area (Å²) in [6.07, 6.45) is 13.2. The van der Waals surface area contributed by atoms with E-state index in [1.165, 1.54) is 147 Å². The minimum Gasteiger partial charge on any atom is -0.462 e. The molecule has 0 aromatic rings. The number of esters is 3. The molecule has 0 aromatic carbocycles. The summed E-state index contributed by atoms with van der Waals surface area (Å²) in [5, 5.41) is 110. The van der Waals surface area contributed by atoms with Crippen molar-refractivity contribution in [2.45, 2.75) is 382 Å². The van der Waals surface area contributed by atoms with E-state index in [-0.39, 0.29) is 12.8 Å². The first-order valence-electron chi connectivity index (χ1n) is 37.2. The molecule has 3 aliphatic rings. The van der Waals surface area contributed by atoms with Gasteiger partial charge in [0.05, 0.1) is 13.2 Å². The number of unbranched alkanes of at least 4 members (excludes halogenated alkanes) is 35. The number of ether oxygens (including phenoxy) is 7. The van der Waals surface area contributed by atoms with Crippen LogP contribution in [0.15, 0.2) is 24.3 Å². The molecule has 2 heterocycles. The molecule has 0 amide bonds. The van der Waals surface area contributed by atoms with Gasteiger partial charge in [-0.2, -0.15) is 0 Å². The van der Waals surface area contributed by atoms with Crippen molar-refractivity contribution in [3.63, 3.8) is 0 Å². The summed E-state index contributed by atoms with van der Waals surface area (Å²) >= 11 is 0. The number of hydrogen-bond acceptors (Lipinski definition) is 23. The SMILES string of the molecule is CCCCCCCCCCCCC/C=C/C=C/C(=O)OCC1OC(OC2C(O)C(O)C(O)C(OC3OC(CO)C(O)C(O)C3O)C2OP(=O)(O)OCC(COC(=O)CCCCCCCCCCCCCCCCC)OC(=O)CCCCCCCCCCCCC)C(O)C(O)C1O. The van der Waals surface area contributed by atoms with Crippen LogP contribution < -0.4 is 0 Å². The predicted octanol–water partition coefficient (Wildman–Crippen LogP) is 9.74. The van der Waals surface area contributed by atoms with Crippen molar-refractivity contribution in [2.75, 3.05) is 26.4 Å². The summed E-state index contributed by atoms with van der Waals surface area (Å²) in [6.45, 7) is 3.35. The standard InChI is InChI=1S/C71H129O24P/c1-4-7-10-13-16-19-22-24-26-28-31-33-36-39-42-45-55(73)87-49-52(90-57(75)47-44-41-38-35-30-21-18-15-12-9-6-3)50-89-96(85,86)95-69-67(93-70-65(83)60(78)58(76)53(48-72)91-70)63(81)62(80)64(82)68(69)94-71-66(84)61(79)59(77)54(92-71)51-88-56(74)46-43-40-37-34-32-29-27-25-23-20-17-14-11-8-5-2/h37,40,43,46,52-54,58-72,76-84H,4-36,38-39,41-42,44-45,47-51H2,1-3H3,(H,85,86)/b40-37+,46-43+. The van der Waals surface area contributed by atoms with Gasteiger partial charge in [0, 0.05) is 18.9 Å². The molecule has 2 aliphatic heterocycles. The van der Waals surface area contributed by atoms with E-state index in [1.807, 2.05) is 6.08 Å². The molecule has 11 N–H and O–H groups in total. The maximum Gasteiger partial charge on any atom is 0.472 e. The predicted molar refractivity (Wildman–Crippen MR) is 361 cm³/mol. The Morgan fingerprint density at radius 1 is 0.427 bits per heavy atom.